The smallest absolute Gasteiger partial charge is 0.266 e. The summed E-state index contributed by atoms with van der Waals surface area (Å²) in [6, 6.07) is 35.1. The molecule has 1 amide bonds. The van der Waals surface area contributed by atoms with Crippen LogP contribution in [0.1, 0.15) is 18.1 Å². The maximum Gasteiger partial charge on any atom is 0.266 e. The zero-order chi connectivity index (χ0) is 26.3. The van der Waals surface area contributed by atoms with Gasteiger partial charge in [-0.15, -0.1) is 0 Å². The predicted octanol–water partition coefficient (Wildman–Crippen LogP) is 7.52. The number of nitrogens with one attached hydrogen (secondary N) is 1. The first kappa shape index (κ1) is 24.6. The Morgan fingerprint density at radius 1 is 0.816 bits per heavy atom. The van der Waals surface area contributed by atoms with Crippen molar-refractivity contribution in [1.82, 2.24) is 0 Å². The van der Waals surface area contributed by atoms with Crippen molar-refractivity contribution in [2.75, 3.05) is 11.9 Å². The van der Waals surface area contributed by atoms with Crippen LogP contribution < -0.4 is 14.8 Å². The van der Waals surface area contributed by atoms with E-state index in [4.69, 9.17) is 9.47 Å². The Kier molecular flexibility index (Phi) is 7.33. The molecule has 38 heavy (non-hydrogen) atoms. The van der Waals surface area contributed by atoms with E-state index >= 15 is 0 Å². The van der Waals surface area contributed by atoms with Crippen LogP contribution in [0.25, 0.3) is 27.6 Å². The lowest BCUT2D eigenvalue weighted by Crippen LogP contribution is -2.13. The van der Waals surface area contributed by atoms with Crippen LogP contribution in [0.3, 0.4) is 0 Å². The summed E-state index contributed by atoms with van der Waals surface area (Å²) >= 11 is 0. The fourth-order valence-electron chi connectivity index (χ4n) is 4.42. The van der Waals surface area contributed by atoms with Crippen LogP contribution in [0.15, 0.2) is 109 Å². The van der Waals surface area contributed by atoms with Crippen molar-refractivity contribution in [1.29, 1.82) is 5.26 Å². The number of ether oxygens (including phenoxy) is 2. The lowest BCUT2D eigenvalue weighted by Gasteiger charge is -2.14. The molecule has 0 aliphatic carbocycles. The zero-order valence-corrected chi connectivity index (χ0v) is 21.0. The number of carbonyl (C=O) groups excluding carboxylic acids is 1. The van der Waals surface area contributed by atoms with Crippen molar-refractivity contribution in [2.45, 2.75) is 13.5 Å². The van der Waals surface area contributed by atoms with Crippen LogP contribution in [0.4, 0.5) is 5.69 Å². The van der Waals surface area contributed by atoms with E-state index in [2.05, 4.69) is 29.6 Å². The molecular weight excluding hydrogens is 472 g/mol. The molecule has 186 valence electrons. The van der Waals surface area contributed by atoms with Gasteiger partial charge in [0.2, 0.25) is 0 Å². The summed E-state index contributed by atoms with van der Waals surface area (Å²) in [7, 11) is 0. The van der Waals surface area contributed by atoms with E-state index in [1.807, 2.05) is 67.6 Å². The molecule has 5 heteroatoms. The Morgan fingerprint density at radius 2 is 1.50 bits per heavy atom. The van der Waals surface area contributed by atoms with Gasteiger partial charge in [0, 0.05) is 11.3 Å². The molecule has 5 aromatic rings. The van der Waals surface area contributed by atoms with Crippen molar-refractivity contribution >= 4 is 39.2 Å². The molecular formula is C33H26N2O3. The molecule has 5 nitrogen and oxygen atoms in total. The third-order valence-corrected chi connectivity index (χ3v) is 6.27. The quantitative estimate of drug-likeness (QED) is 0.177. The van der Waals surface area contributed by atoms with E-state index in [0.717, 1.165) is 27.1 Å². The Hall–Kier alpha value is -5.08. The summed E-state index contributed by atoms with van der Waals surface area (Å²) in [4.78, 5) is 13.1. The van der Waals surface area contributed by atoms with Crippen molar-refractivity contribution in [3.05, 3.63) is 120 Å². The van der Waals surface area contributed by atoms with E-state index in [9.17, 15) is 10.1 Å². The second kappa shape index (κ2) is 11.3. The van der Waals surface area contributed by atoms with E-state index in [0.29, 0.717) is 36.0 Å². The minimum absolute atomic E-state index is 0.0229. The van der Waals surface area contributed by atoms with Crippen LogP contribution in [0.5, 0.6) is 11.5 Å². The van der Waals surface area contributed by atoms with Gasteiger partial charge in [-0.3, -0.25) is 4.79 Å². The van der Waals surface area contributed by atoms with Gasteiger partial charge in [0.05, 0.1) is 6.61 Å². The largest absolute Gasteiger partial charge is 0.494 e. The average Bonchev–Trinajstić information content (AvgIpc) is 2.96. The molecule has 0 aliphatic heterocycles. The maximum absolute atomic E-state index is 13.1. The third-order valence-electron chi connectivity index (χ3n) is 6.27. The Bertz CT molecular complexity index is 1680. The van der Waals surface area contributed by atoms with Gasteiger partial charge >= 0.3 is 0 Å². The average molecular weight is 499 g/mol. The van der Waals surface area contributed by atoms with Crippen molar-refractivity contribution in [3.63, 3.8) is 0 Å². The summed E-state index contributed by atoms with van der Waals surface area (Å²) in [5.74, 6) is 0.813. The highest BCUT2D eigenvalue weighted by Crippen LogP contribution is 2.32. The zero-order valence-electron chi connectivity index (χ0n) is 21.0. The van der Waals surface area contributed by atoms with Crippen LogP contribution in [0, 0.1) is 11.3 Å². The molecule has 0 aliphatic rings. The summed E-state index contributed by atoms with van der Waals surface area (Å²) in [6.07, 6.45) is 1.60. The standard InChI is InChI=1S/C33H26N2O3/c1-2-37-28-17-15-27(16-18-28)35-33(36)26(21-34)20-31-30-13-6-4-9-24(30)14-19-32(31)38-22-25-11-7-10-23-8-3-5-12-29(23)25/h3-20H,2,22H2,1H3,(H,35,36)/b26-20+. The van der Waals surface area contributed by atoms with E-state index in [-0.39, 0.29) is 5.57 Å². The van der Waals surface area contributed by atoms with Gasteiger partial charge in [0.15, 0.2) is 0 Å². The molecule has 0 unspecified atom stereocenters. The third kappa shape index (κ3) is 5.35. The number of anilines is 1. The SMILES string of the molecule is CCOc1ccc(NC(=O)/C(C#N)=C/c2c(OCc3cccc4ccccc34)ccc3ccccc23)cc1. The Labute approximate surface area is 221 Å². The molecule has 0 radical (unpaired) electrons. The predicted molar refractivity (Wildman–Crippen MR) is 152 cm³/mol. The van der Waals surface area contributed by atoms with Gasteiger partial charge in [-0.05, 0) is 70.4 Å². The van der Waals surface area contributed by atoms with Crippen molar-refractivity contribution in [3.8, 4) is 17.6 Å². The number of benzene rings is 5. The molecule has 5 rings (SSSR count). The number of fused-ring (bicyclic) bond motifs is 2. The Morgan fingerprint density at radius 3 is 2.24 bits per heavy atom. The molecule has 0 atom stereocenters. The fraction of sp³-hybridized carbons (Fsp3) is 0.0909. The number of hydrogen-bond acceptors (Lipinski definition) is 4. The van der Waals surface area contributed by atoms with Gasteiger partial charge in [-0.25, -0.2) is 0 Å². The molecule has 0 saturated carbocycles. The summed E-state index contributed by atoms with van der Waals surface area (Å²) < 4.78 is 11.8. The minimum Gasteiger partial charge on any atom is -0.494 e. The van der Waals surface area contributed by atoms with Crippen LogP contribution in [-0.4, -0.2) is 12.5 Å². The van der Waals surface area contributed by atoms with Gasteiger partial charge in [0.1, 0.15) is 29.7 Å². The molecule has 0 heterocycles. The highest BCUT2D eigenvalue weighted by molar-refractivity contribution is 6.11. The van der Waals surface area contributed by atoms with Crippen molar-refractivity contribution in [2.24, 2.45) is 0 Å². The second-order valence-electron chi connectivity index (χ2n) is 8.71. The molecule has 0 aromatic heterocycles. The van der Waals surface area contributed by atoms with Crippen LogP contribution >= 0.6 is 0 Å². The van der Waals surface area contributed by atoms with Crippen LogP contribution in [0.2, 0.25) is 0 Å². The molecule has 0 bridgehead atoms. The number of nitriles is 1. The first-order valence-corrected chi connectivity index (χ1v) is 12.4. The monoisotopic (exact) mass is 498 g/mol. The molecule has 1 N–H and O–H groups in total. The van der Waals surface area contributed by atoms with E-state index in [1.54, 1.807) is 30.3 Å². The van der Waals surface area contributed by atoms with Gasteiger partial charge in [-0.2, -0.15) is 5.26 Å². The molecule has 0 fully saturated rings. The number of nitrogens with zero attached hydrogens (tertiary/aromatic N) is 1. The first-order chi connectivity index (χ1) is 18.7. The number of rotatable bonds is 8. The van der Waals surface area contributed by atoms with E-state index in [1.165, 1.54) is 0 Å². The second-order valence-corrected chi connectivity index (χ2v) is 8.71. The van der Waals surface area contributed by atoms with Gasteiger partial charge in [-0.1, -0.05) is 72.8 Å². The van der Waals surface area contributed by atoms with Crippen molar-refractivity contribution < 1.29 is 14.3 Å². The lowest BCUT2D eigenvalue weighted by molar-refractivity contribution is -0.112. The molecule has 0 saturated heterocycles. The summed E-state index contributed by atoms with van der Waals surface area (Å²) in [5, 5.41) is 16.8. The Balaban J connectivity index is 1.47. The first-order valence-electron chi connectivity index (χ1n) is 12.4. The van der Waals surface area contributed by atoms with Gasteiger partial charge < -0.3 is 14.8 Å². The fourth-order valence-corrected chi connectivity index (χ4v) is 4.42. The number of amides is 1. The molecule has 0 spiro atoms. The topological polar surface area (TPSA) is 71.3 Å². The maximum atomic E-state index is 13.1. The molecule has 5 aromatic carbocycles. The minimum atomic E-state index is -0.496. The van der Waals surface area contributed by atoms with Crippen LogP contribution in [-0.2, 0) is 11.4 Å². The lowest BCUT2D eigenvalue weighted by atomic mass is 10.0. The number of carbonyl (C=O) groups is 1. The van der Waals surface area contributed by atoms with Gasteiger partial charge in [0.25, 0.3) is 5.91 Å². The van der Waals surface area contributed by atoms with E-state index < -0.39 is 5.91 Å². The normalized spacial score (nSPS) is 11.2. The number of hydrogen-bond donors (Lipinski definition) is 1. The summed E-state index contributed by atoms with van der Waals surface area (Å²) in [5.41, 5.74) is 2.29. The highest BCUT2D eigenvalue weighted by Gasteiger charge is 2.14. The summed E-state index contributed by atoms with van der Waals surface area (Å²) in [6.45, 7) is 2.82. The highest BCUT2D eigenvalue weighted by atomic mass is 16.5.